The zero-order valence-corrected chi connectivity index (χ0v) is 59.5. The largest absolute Gasteiger partial charge is 0.394 e. The Hall–Kier alpha value is -4.19. The fourth-order valence-electron chi connectivity index (χ4n) is 11.2. The minimum absolute atomic E-state index is 0.215. The highest BCUT2D eigenvalue weighted by molar-refractivity contribution is 5.76. The number of hydrogen-bond acceptors (Lipinski definition) is 8. The summed E-state index contributed by atoms with van der Waals surface area (Å²) in [5, 5.41) is 54.8. The number of aliphatic hydroxyl groups is 5. The lowest BCUT2D eigenvalue weighted by molar-refractivity contribution is -0.302. The summed E-state index contributed by atoms with van der Waals surface area (Å²) >= 11 is 0. The first-order valence-corrected chi connectivity index (χ1v) is 38.2. The number of carbonyl (C=O) groups is 1. The minimum atomic E-state index is -1.59. The maximum absolute atomic E-state index is 13.1. The monoisotopic (exact) mass is 1290 g/mol. The molecule has 7 unspecified atom stereocenters. The van der Waals surface area contributed by atoms with Crippen molar-refractivity contribution in [1.82, 2.24) is 5.32 Å². The first-order valence-electron chi connectivity index (χ1n) is 38.2. The lowest BCUT2D eigenvalue weighted by Gasteiger charge is -2.40. The van der Waals surface area contributed by atoms with E-state index < -0.39 is 49.5 Å². The number of unbranched alkanes of at least 4 members (excludes halogenated alkanes) is 31. The van der Waals surface area contributed by atoms with E-state index in [0.29, 0.717) is 6.42 Å². The van der Waals surface area contributed by atoms with Crippen LogP contribution in [0, 0.1) is 0 Å². The zero-order chi connectivity index (χ0) is 67.1. The summed E-state index contributed by atoms with van der Waals surface area (Å²) in [6.45, 7) is 3.66. The van der Waals surface area contributed by atoms with Crippen LogP contribution in [0.2, 0.25) is 0 Å². The number of hydrogen-bond donors (Lipinski definition) is 6. The molecular formula is C84H141NO8. The van der Waals surface area contributed by atoms with Crippen LogP contribution in [0.5, 0.6) is 0 Å². The molecule has 1 aliphatic rings. The van der Waals surface area contributed by atoms with Gasteiger partial charge in [-0.1, -0.05) is 352 Å². The van der Waals surface area contributed by atoms with Crippen molar-refractivity contribution in [2.45, 2.75) is 352 Å². The molecule has 0 aromatic heterocycles. The molecule has 530 valence electrons. The molecule has 1 heterocycles. The molecule has 1 rings (SSSR count). The second-order valence-electron chi connectivity index (χ2n) is 25.7. The maximum Gasteiger partial charge on any atom is 0.220 e. The molecule has 7 atom stereocenters. The molecule has 9 nitrogen and oxygen atoms in total. The highest BCUT2D eigenvalue weighted by atomic mass is 16.7. The van der Waals surface area contributed by atoms with Crippen LogP contribution in [0.1, 0.15) is 309 Å². The van der Waals surface area contributed by atoms with Crippen molar-refractivity contribution in [3.05, 3.63) is 158 Å². The quantitative estimate of drug-likeness (QED) is 0.0261. The SMILES string of the molecule is CC/C=C\C/C=C\C/C=C\C/C=C\C/C=C\C/C=C\C/C=C\C/C=C\C/C=C\C/C=C\C/C=C\C/C=C\CCCCC(=O)NC(COC1OC(CO)C(O)C(O)C1O)C(O)/C=C/CCCCCCCCCCCCCCCCCCCCCCCCCCCCCCC. The van der Waals surface area contributed by atoms with Gasteiger partial charge in [-0.3, -0.25) is 4.79 Å². The molecule has 1 saturated heterocycles. The van der Waals surface area contributed by atoms with Gasteiger partial charge in [-0.25, -0.2) is 0 Å². The first kappa shape index (κ1) is 86.8. The molecule has 9 heteroatoms. The van der Waals surface area contributed by atoms with Gasteiger partial charge in [-0.05, 0) is 109 Å². The van der Waals surface area contributed by atoms with Gasteiger partial charge in [-0.2, -0.15) is 0 Å². The lowest BCUT2D eigenvalue weighted by Crippen LogP contribution is -2.60. The van der Waals surface area contributed by atoms with E-state index in [1.54, 1.807) is 6.08 Å². The summed E-state index contributed by atoms with van der Waals surface area (Å²) in [5.74, 6) is -0.222. The van der Waals surface area contributed by atoms with E-state index in [-0.39, 0.29) is 18.9 Å². The number of ether oxygens (including phenoxy) is 2. The molecule has 0 bridgehead atoms. The van der Waals surface area contributed by atoms with Crippen LogP contribution in [0.4, 0.5) is 0 Å². The highest BCUT2D eigenvalue weighted by Crippen LogP contribution is 2.23. The average molecular weight is 1290 g/mol. The van der Waals surface area contributed by atoms with Gasteiger partial charge in [0.05, 0.1) is 25.4 Å². The first-order chi connectivity index (χ1) is 45.8. The highest BCUT2D eigenvalue weighted by Gasteiger charge is 2.44. The fraction of sp³-hybridized carbons (Fsp3) is 0.679. The van der Waals surface area contributed by atoms with Gasteiger partial charge in [-0.15, -0.1) is 0 Å². The van der Waals surface area contributed by atoms with Crippen LogP contribution in [-0.2, 0) is 14.3 Å². The van der Waals surface area contributed by atoms with Crippen molar-refractivity contribution in [1.29, 1.82) is 0 Å². The molecule has 93 heavy (non-hydrogen) atoms. The number of allylic oxidation sites excluding steroid dienone is 25. The molecule has 1 aliphatic heterocycles. The Bertz CT molecular complexity index is 2040. The number of nitrogens with one attached hydrogen (secondary N) is 1. The summed E-state index contributed by atoms with van der Waals surface area (Å²) < 4.78 is 11.3. The fourth-order valence-corrected chi connectivity index (χ4v) is 11.2. The van der Waals surface area contributed by atoms with Crippen LogP contribution in [-0.4, -0.2) is 87.5 Å². The average Bonchev–Trinajstić information content (AvgIpc) is 1.02. The van der Waals surface area contributed by atoms with E-state index in [1.165, 1.54) is 173 Å². The van der Waals surface area contributed by atoms with Crippen LogP contribution < -0.4 is 5.32 Å². The van der Waals surface area contributed by atoms with Crippen LogP contribution in [0.15, 0.2) is 158 Å². The van der Waals surface area contributed by atoms with Gasteiger partial charge in [0, 0.05) is 6.42 Å². The van der Waals surface area contributed by atoms with Gasteiger partial charge in [0.2, 0.25) is 5.91 Å². The van der Waals surface area contributed by atoms with Crippen LogP contribution in [0.25, 0.3) is 0 Å². The molecule has 1 amide bonds. The van der Waals surface area contributed by atoms with Gasteiger partial charge >= 0.3 is 0 Å². The topological polar surface area (TPSA) is 149 Å². The molecule has 0 radical (unpaired) electrons. The lowest BCUT2D eigenvalue weighted by atomic mass is 9.99. The summed E-state index contributed by atoms with van der Waals surface area (Å²) in [4.78, 5) is 13.1. The van der Waals surface area contributed by atoms with Gasteiger partial charge in [0.25, 0.3) is 0 Å². The molecule has 0 aromatic rings. The van der Waals surface area contributed by atoms with Crippen LogP contribution in [0.3, 0.4) is 0 Å². The summed E-state index contributed by atoms with van der Waals surface area (Å²) in [6.07, 6.45) is 104. The molecule has 0 saturated carbocycles. The second kappa shape index (κ2) is 70.6. The van der Waals surface area contributed by atoms with Crippen molar-refractivity contribution in [3.8, 4) is 0 Å². The van der Waals surface area contributed by atoms with Gasteiger partial charge in [0.1, 0.15) is 24.4 Å². The molecule has 0 aromatic carbocycles. The van der Waals surface area contributed by atoms with E-state index in [1.807, 2.05) is 6.08 Å². The Morgan fingerprint density at radius 3 is 0.989 bits per heavy atom. The number of aliphatic hydroxyl groups excluding tert-OH is 5. The molecule has 0 spiro atoms. The second-order valence-corrected chi connectivity index (χ2v) is 25.7. The van der Waals surface area contributed by atoms with E-state index in [9.17, 15) is 30.3 Å². The van der Waals surface area contributed by atoms with Crippen molar-refractivity contribution in [2.75, 3.05) is 13.2 Å². The number of rotatable bonds is 65. The molecule has 1 fully saturated rings. The number of carbonyl (C=O) groups excluding carboxylic acids is 1. The number of amides is 1. The summed E-state index contributed by atoms with van der Waals surface area (Å²) in [6, 6.07) is -0.843. The van der Waals surface area contributed by atoms with E-state index in [0.717, 1.165) is 109 Å². The third-order valence-corrected chi connectivity index (χ3v) is 17.1. The van der Waals surface area contributed by atoms with E-state index >= 15 is 0 Å². The summed E-state index contributed by atoms with van der Waals surface area (Å²) in [5.41, 5.74) is 0. The van der Waals surface area contributed by atoms with Crippen molar-refractivity contribution < 1.29 is 39.8 Å². The Labute approximate surface area is 571 Å². The Balaban J connectivity index is 2.18. The Morgan fingerprint density at radius 1 is 0.376 bits per heavy atom. The van der Waals surface area contributed by atoms with Gasteiger partial charge < -0.3 is 40.3 Å². The van der Waals surface area contributed by atoms with Crippen molar-refractivity contribution >= 4 is 5.91 Å². The minimum Gasteiger partial charge on any atom is -0.394 e. The Kier molecular flexibility index (Phi) is 65.9. The molecule has 6 N–H and O–H groups in total. The molecular weight excluding hydrogens is 1150 g/mol. The van der Waals surface area contributed by atoms with Crippen molar-refractivity contribution in [2.24, 2.45) is 0 Å². The third kappa shape index (κ3) is 58.9. The van der Waals surface area contributed by atoms with Crippen molar-refractivity contribution in [3.63, 3.8) is 0 Å². The van der Waals surface area contributed by atoms with E-state index in [2.05, 4.69) is 165 Å². The normalized spacial score (nSPS) is 18.5. The zero-order valence-electron chi connectivity index (χ0n) is 59.5. The predicted molar refractivity (Wildman–Crippen MR) is 400 cm³/mol. The summed E-state index contributed by atoms with van der Waals surface area (Å²) in [7, 11) is 0. The van der Waals surface area contributed by atoms with Crippen LogP contribution >= 0.6 is 0 Å². The molecule has 0 aliphatic carbocycles. The smallest absolute Gasteiger partial charge is 0.220 e. The maximum atomic E-state index is 13.1. The van der Waals surface area contributed by atoms with E-state index in [4.69, 9.17) is 9.47 Å². The van der Waals surface area contributed by atoms with Gasteiger partial charge in [0.15, 0.2) is 6.29 Å². The third-order valence-electron chi connectivity index (χ3n) is 17.1. The standard InChI is InChI=1S/C84H141NO8/c1-3-5-7-9-11-13-15-17-19-21-23-25-27-29-31-33-35-36-37-38-39-40-41-42-44-46-48-50-52-54-56-58-60-62-64-66-68-70-72-74-80(88)85-77(76-92-84-83(91)82(90)81(89)79(75-86)93-84)78(87)73-71-69-67-65-63-61-59-57-55-53-51-49-47-45-43-34-32-30-28-26-24-22-20-18-16-14-12-10-8-6-4-2/h5,7,11,13,17,19,23,25,29,31,35-36,38-39,41-42,46,48,52,54,58,60,64,66,71,73,77-79,81-84,86-87,89-91H,3-4,6,8-10,12,14-16,18,20-22,24,26-28,30,32-34,37,40,43-45,47,49-51,53,55-57,59,61-63,65,67-70,72,74-76H2,1-2H3,(H,85,88)/b7-5-,13-11-,19-17-,25-23-,31-29-,36-35-,39-38-,42-41-,48-46-,54-52-,60-58-,66-64-,73-71+. The Morgan fingerprint density at radius 2 is 0.667 bits per heavy atom. The predicted octanol–water partition coefficient (Wildman–Crippen LogP) is 21.9.